The highest BCUT2D eigenvalue weighted by molar-refractivity contribution is 7.92. The first-order valence-corrected chi connectivity index (χ1v) is 12.1. The molecule has 0 spiro atoms. The number of benzene rings is 2. The molecular formula is C25H31NO3S. The van der Waals surface area contributed by atoms with Crippen LogP contribution in [0.5, 0.6) is 0 Å². The van der Waals surface area contributed by atoms with Gasteiger partial charge in [-0.15, -0.1) is 0 Å². The van der Waals surface area contributed by atoms with E-state index in [1.54, 1.807) is 12.1 Å². The van der Waals surface area contributed by atoms with Gasteiger partial charge in [0.15, 0.2) is 0 Å². The molecule has 0 radical (unpaired) electrons. The van der Waals surface area contributed by atoms with Gasteiger partial charge in [-0.25, -0.2) is 8.42 Å². The Kier molecular flexibility index (Phi) is 5.00. The van der Waals surface area contributed by atoms with Crippen molar-refractivity contribution in [2.24, 2.45) is 11.3 Å². The van der Waals surface area contributed by atoms with Gasteiger partial charge in [0.1, 0.15) is 11.3 Å². The molecule has 0 aliphatic heterocycles. The van der Waals surface area contributed by atoms with E-state index in [1.165, 1.54) is 5.56 Å². The summed E-state index contributed by atoms with van der Waals surface area (Å²) >= 11 is 0. The van der Waals surface area contributed by atoms with Crippen LogP contribution in [0.1, 0.15) is 55.2 Å². The Hall–Kier alpha value is -2.27. The van der Waals surface area contributed by atoms with Crippen LogP contribution in [-0.2, 0) is 22.9 Å². The predicted molar refractivity (Wildman–Crippen MR) is 123 cm³/mol. The first-order chi connectivity index (χ1) is 14.0. The summed E-state index contributed by atoms with van der Waals surface area (Å²) in [4.78, 5) is 0.327. The molecule has 1 aliphatic rings. The third kappa shape index (κ3) is 3.76. The SMILES string of the molecule is Cc1cc(C)c(S(=O)(=O)Nc2ccc3oc4c(c3c2)C[C@@H](C(C)(C)C)CC4)cc1C. The van der Waals surface area contributed by atoms with Crippen LogP contribution < -0.4 is 4.72 Å². The Morgan fingerprint density at radius 2 is 1.70 bits per heavy atom. The molecule has 0 bridgehead atoms. The van der Waals surface area contributed by atoms with E-state index in [0.717, 1.165) is 52.7 Å². The molecular weight excluding hydrogens is 394 g/mol. The highest BCUT2D eigenvalue weighted by atomic mass is 32.2. The fourth-order valence-corrected chi connectivity index (χ4v) is 5.88. The average molecular weight is 426 g/mol. The molecule has 1 atom stereocenters. The number of furan rings is 1. The second-order valence-electron chi connectivity index (χ2n) is 9.83. The van der Waals surface area contributed by atoms with Crippen molar-refractivity contribution in [3.63, 3.8) is 0 Å². The van der Waals surface area contributed by atoms with E-state index in [-0.39, 0.29) is 5.41 Å². The second kappa shape index (κ2) is 7.16. The molecule has 1 aromatic heterocycles. The summed E-state index contributed by atoms with van der Waals surface area (Å²) in [6, 6.07) is 9.26. The summed E-state index contributed by atoms with van der Waals surface area (Å²) in [6.45, 7) is 12.6. The monoisotopic (exact) mass is 425 g/mol. The predicted octanol–water partition coefficient (Wildman–Crippen LogP) is 6.31. The van der Waals surface area contributed by atoms with E-state index in [1.807, 2.05) is 39.0 Å². The van der Waals surface area contributed by atoms with Crippen molar-refractivity contribution in [3.8, 4) is 0 Å². The maximum Gasteiger partial charge on any atom is 0.262 e. The lowest BCUT2D eigenvalue weighted by Gasteiger charge is -2.33. The molecule has 1 aliphatic carbocycles. The van der Waals surface area contributed by atoms with Gasteiger partial charge in [-0.2, -0.15) is 0 Å². The molecule has 0 unspecified atom stereocenters. The number of fused-ring (bicyclic) bond motifs is 3. The lowest BCUT2D eigenvalue weighted by Crippen LogP contribution is -2.26. The highest BCUT2D eigenvalue weighted by Gasteiger charge is 2.31. The quantitative estimate of drug-likeness (QED) is 0.535. The fraction of sp³-hybridized carbons (Fsp3) is 0.440. The van der Waals surface area contributed by atoms with Crippen molar-refractivity contribution in [1.29, 1.82) is 0 Å². The molecule has 0 saturated heterocycles. The summed E-state index contributed by atoms with van der Waals surface area (Å²) in [6.07, 6.45) is 3.04. The highest BCUT2D eigenvalue weighted by Crippen LogP contribution is 2.41. The smallest absolute Gasteiger partial charge is 0.262 e. The van der Waals surface area contributed by atoms with E-state index in [0.29, 0.717) is 16.5 Å². The lowest BCUT2D eigenvalue weighted by atomic mass is 9.71. The van der Waals surface area contributed by atoms with Crippen LogP contribution in [0.15, 0.2) is 39.6 Å². The molecule has 0 saturated carbocycles. The van der Waals surface area contributed by atoms with Crippen LogP contribution in [0, 0.1) is 32.1 Å². The van der Waals surface area contributed by atoms with E-state index in [2.05, 4.69) is 25.5 Å². The molecule has 2 aromatic carbocycles. The molecule has 160 valence electrons. The maximum absolute atomic E-state index is 13.1. The molecule has 1 heterocycles. The maximum atomic E-state index is 13.1. The zero-order valence-corrected chi connectivity index (χ0v) is 19.5. The van der Waals surface area contributed by atoms with Crippen LogP contribution in [0.25, 0.3) is 11.0 Å². The molecule has 5 heteroatoms. The topological polar surface area (TPSA) is 59.3 Å². The van der Waals surface area contributed by atoms with Crippen molar-refractivity contribution in [2.75, 3.05) is 4.72 Å². The zero-order chi connectivity index (χ0) is 21.8. The van der Waals surface area contributed by atoms with Gasteiger partial charge in [-0.05, 0) is 85.9 Å². The summed E-state index contributed by atoms with van der Waals surface area (Å²) in [7, 11) is -3.67. The summed E-state index contributed by atoms with van der Waals surface area (Å²) in [5.41, 5.74) is 5.68. The second-order valence-corrected chi connectivity index (χ2v) is 11.5. The molecule has 4 nitrogen and oxygen atoms in total. The Balaban J connectivity index is 1.70. The standard InChI is InChI=1S/C25H31NO3S/c1-15-11-17(3)24(12-16(15)2)30(27,28)26-19-8-10-23-21(14-19)20-13-18(25(4,5)6)7-9-22(20)29-23/h8,10-12,14,18,26H,7,9,13H2,1-6H3/t18-/m0/s1. The van der Waals surface area contributed by atoms with Crippen LogP contribution in [0.2, 0.25) is 0 Å². The van der Waals surface area contributed by atoms with Crippen LogP contribution in [0.4, 0.5) is 5.69 Å². The average Bonchev–Trinajstić information content (AvgIpc) is 3.01. The van der Waals surface area contributed by atoms with Gasteiger partial charge in [-0.3, -0.25) is 4.72 Å². The Bertz CT molecular complexity index is 1230. The summed E-state index contributed by atoms with van der Waals surface area (Å²) in [5, 5.41) is 1.02. The van der Waals surface area contributed by atoms with Gasteiger partial charge >= 0.3 is 0 Å². The minimum Gasteiger partial charge on any atom is -0.461 e. The number of aryl methyl sites for hydroxylation is 4. The molecule has 4 rings (SSSR count). The number of rotatable bonds is 3. The van der Waals surface area contributed by atoms with E-state index in [9.17, 15) is 8.42 Å². The lowest BCUT2D eigenvalue weighted by molar-refractivity contribution is 0.210. The summed E-state index contributed by atoms with van der Waals surface area (Å²) < 4.78 is 35.1. The van der Waals surface area contributed by atoms with Crippen molar-refractivity contribution >= 4 is 26.7 Å². The van der Waals surface area contributed by atoms with Gasteiger partial charge in [-0.1, -0.05) is 26.8 Å². The van der Waals surface area contributed by atoms with Crippen LogP contribution in [0.3, 0.4) is 0 Å². The number of anilines is 1. The Morgan fingerprint density at radius 3 is 2.40 bits per heavy atom. The van der Waals surface area contributed by atoms with Gasteiger partial charge in [0.05, 0.1) is 4.90 Å². The Labute approximate surface area is 179 Å². The molecule has 0 fully saturated rings. The molecule has 30 heavy (non-hydrogen) atoms. The molecule has 0 amide bonds. The van der Waals surface area contributed by atoms with E-state index >= 15 is 0 Å². The van der Waals surface area contributed by atoms with E-state index in [4.69, 9.17) is 4.42 Å². The normalized spacial score (nSPS) is 17.2. The number of hydrogen-bond acceptors (Lipinski definition) is 3. The van der Waals surface area contributed by atoms with Gasteiger partial charge in [0, 0.05) is 23.1 Å². The number of sulfonamides is 1. The van der Waals surface area contributed by atoms with Gasteiger partial charge < -0.3 is 4.42 Å². The summed E-state index contributed by atoms with van der Waals surface area (Å²) in [5.74, 6) is 1.64. The minimum absolute atomic E-state index is 0.237. The zero-order valence-electron chi connectivity index (χ0n) is 18.7. The largest absolute Gasteiger partial charge is 0.461 e. The Morgan fingerprint density at radius 1 is 1.00 bits per heavy atom. The first-order valence-electron chi connectivity index (χ1n) is 10.6. The number of nitrogens with one attached hydrogen (secondary N) is 1. The first kappa shape index (κ1) is 21.0. The van der Waals surface area contributed by atoms with Gasteiger partial charge in [0.25, 0.3) is 10.0 Å². The van der Waals surface area contributed by atoms with Crippen molar-refractivity contribution in [3.05, 3.63) is 58.3 Å². The van der Waals surface area contributed by atoms with Crippen LogP contribution >= 0.6 is 0 Å². The molecule has 3 aromatic rings. The number of hydrogen-bond donors (Lipinski definition) is 1. The van der Waals surface area contributed by atoms with Crippen molar-refractivity contribution in [1.82, 2.24) is 0 Å². The van der Waals surface area contributed by atoms with Crippen LogP contribution in [-0.4, -0.2) is 8.42 Å². The molecule has 1 N–H and O–H groups in total. The van der Waals surface area contributed by atoms with Crippen molar-refractivity contribution in [2.45, 2.75) is 65.7 Å². The minimum atomic E-state index is -3.67. The van der Waals surface area contributed by atoms with Crippen molar-refractivity contribution < 1.29 is 12.8 Å². The third-order valence-electron chi connectivity index (χ3n) is 6.60. The third-order valence-corrected chi connectivity index (χ3v) is 8.13. The van der Waals surface area contributed by atoms with E-state index < -0.39 is 10.0 Å². The van der Waals surface area contributed by atoms with Gasteiger partial charge in [0.2, 0.25) is 0 Å². The fourth-order valence-electron chi connectivity index (χ4n) is 4.52.